The Morgan fingerprint density at radius 3 is 2.37 bits per heavy atom. The first-order valence-corrected chi connectivity index (χ1v) is 10.2. The van der Waals surface area contributed by atoms with Gasteiger partial charge in [0.15, 0.2) is 0 Å². The van der Waals surface area contributed by atoms with Gasteiger partial charge in [-0.2, -0.15) is 0 Å². The highest BCUT2D eigenvalue weighted by Crippen LogP contribution is 2.40. The van der Waals surface area contributed by atoms with Gasteiger partial charge in [-0.3, -0.25) is 4.40 Å². The minimum absolute atomic E-state index is 0.0279. The van der Waals surface area contributed by atoms with Crippen molar-refractivity contribution in [2.45, 2.75) is 52.0 Å². The first-order chi connectivity index (χ1) is 13.0. The number of nitrogens with zero attached hydrogens (tertiary/aromatic N) is 3. The Balaban J connectivity index is 1.71. The summed E-state index contributed by atoms with van der Waals surface area (Å²) in [5, 5.41) is 3.70. The zero-order chi connectivity index (χ0) is 18.6. The fourth-order valence-electron chi connectivity index (χ4n) is 4.61. The van der Waals surface area contributed by atoms with E-state index in [1.165, 1.54) is 61.2 Å². The summed E-state index contributed by atoms with van der Waals surface area (Å²) in [6, 6.07) is 11.0. The molecule has 140 valence electrons. The Hall–Kier alpha value is -2.49. The molecule has 2 aliphatic heterocycles. The predicted molar refractivity (Wildman–Crippen MR) is 113 cm³/mol. The Bertz CT molecular complexity index is 978. The number of imidazole rings is 1. The highest BCUT2D eigenvalue weighted by molar-refractivity contribution is 5.80. The summed E-state index contributed by atoms with van der Waals surface area (Å²) in [7, 11) is 0. The minimum Gasteiger partial charge on any atom is -0.371 e. The molecule has 0 amide bonds. The van der Waals surface area contributed by atoms with Gasteiger partial charge in [-0.15, -0.1) is 0 Å². The summed E-state index contributed by atoms with van der Waals surface area (Å²) in [4.78, 5) is 7.61. The maximum atomic E-state index is 5.02. The second-order valence-corrected chi connectivity index (χ2v) is 8.95. The molecule has 0 aliphatic carbocycles. The summed E-state index contributed by atoms with van der Waals surface area (Å²) in [6.07, 6.45) is 6.98. The number of pyridine rings is 1. The van der Waals surface area contributed by atoms with Gasteiger partial charge in [0.25, 0.3) is 0 Å². The van der Waals surface area contributed by atoms with Crippen LogP contribution in [-0.2, 0) is 12.8 Å². The summed E-state index contributed by atoms with van der Waals surface area (Å²) in [6.45, 7) is 9.03. The Morgan fingerprint density at radius 2 is 1.70 bits per heavy atom. The van der Waals surface area contributed by atoms with Crippen molar-refractivity contribution >= 4 is 17.2 Å². The number of hydrogen-bond acceptors (Lipinski definition) is 3. The van der Waals surface area contributed by atoms with Gasteiger partial charge in [0, 0.05) is 36.1 Å². The molecule has 3 aromatic rings. The molecule has 27 heavy (non-hydrogen) atoms. The maximum absolute atomic E-state index is 5.02. The molecule has 1 N–H and O–H groups in total. The van der Waals surface area contributed by atoms with E-state index in [1.807, 2.05) is 0 Å². The quantitative estimate of drug-likeness (QED) is 0.705. The molecule has 4 nitrogen and oxygen atoms in total. The molecule has 2 aliphatic rings. The van der Waals surface area contributed by atoms with Gasteiger partial charge in [-0.1, -0.05) is 6.07 Å². The van der Waals surface area contributed by atoms with Crippen LogP contribution in [0.5, 0.6) is 0 Å². The second kappa shape index (κ2) is 6.01. The predicted octanol–water partition coefficient (Wildman–Crippen LogP) is 4.91. The number of anilines is 2. The van der Waals surface area contributed by atoms with Crippen molar-refractivity contribution in [1.29, 1.82) is 0 Å². The fourth-order valence-corrected chi connectivity index (χ4v) is 4.61. The van der Waals surface area contributed by atoms with Crippen LogP contribution in [0.4, 0.5) is 11.5 Å². The van der Waals surface area contributed by atoms with Crippen LogP contribution in [0.15, 0.2) is 36.5 Å². The Morgan fingerprint density at radius 1 is 1.00 bits per heavy atom. The third kappa shape index (κ3) is 2.88. The average Bonchev–Trinajstić information content (AvgIpc) is 2.99. The van der Waals surface area contributed by atoms with E-state index in [0.717, 1.165) is 17.2 Å². The van der Waals surface area contributed by atoms with E-state index in [-0.39, 0.29) is 5.54 Å². The van der Waals surface area contributed by atoms with Crippen LogP contribution >= 0.6 is 0 Å². The number of nitrogens with one attached hydrogen (secondary N) is 1. The molecule has 0 radical (unpaired) electrons. The molecule has 0 atom stereocenters. The van der Waals surface area contributed by atoms with Crippen LogP contribution in [0.25, 0.3) is 16.9 Å². The van der Waals surface area contributed by atoms with Crippen molar-refractivity contribution in [3.05, 3.63) is 47.7 Å². The number of aryl methyl sites for hydroxylation is 2. The lowest BCUT2D eigenvalue weighted by atomic mass is 9.89. The fraction of sp³-hybridized carbons (Fsp3) is 0.435. The molecule has 0 fully saturated rings. The zero-order valence-corrected chi connectivity index (χ0v) is 16.5. The Labute approximate surface area is 161 Å². The van der Waals surface area contributed by atoms with Crippen LogP contribution in [0, 0.1) is 0 Å². The highest BCUT2D eigenvalue weighted by atomic mass is 15.2. The highest BCUT2D eigenvalue weighted by Gasteiger charge is 2.26. The number of hydrogen-bond donors (Lipinski definition) is 1. The van der Waals surface area contributed by atoms with Crippen LogP contribution in [-0.4, -0.2) is 28.0 Å². The molecule has 4 heterocycles. The van der Waals surface area contributed by atoms with Crippen molar-refractivity contribution in [3.63, 3.8) is 0 Å². The van der Waals surface area contributed by atoms with E-state index < -0.39 is 0 Å². The van der Waals surface area contributed by atoms with Gasteiger partial charge < -0.3 is 10.2 Å². The lowest BCUT2D eigenvalue weighted by Crippen LogP contribution is -2.34. The van der Waals surface area contributed by atoms with Gasteiger partial charge in [0.1, 0.15) is 17.2 Å². The molecule has 4 heteroatoms. The molecular weight excluding hydrogens is 332 g/mol. The first-order valence-electron chi connectivity index (χ1n) is 10.2. The van der Waals surface area contributed by atoms with Gasteiger partial charge in [-0.25, -0.2) is 4.98 Å². The third-order valence-corrected chi connectivity index (χ3v) is 5.63. The third-order valence-electron chi connectivity index (χ3n) is 5.63. The minimum atomic E-state index is -0.0279. The van der Waals surface area contributed by atoms with Gasteiger partial charge >= 0.3 is 0 Å². The van der Waals surface area contributed by atoms with Crippen molar-refractivity contribution < 1.29 is 0 Å². The number of rotatable bonds is 2. The van der Waals surface area contributed by atoms with E-state index in [9.17, 15) is 0 Å². The van der Waals surface area contributed by atoms with Gasteiger partial charge in [0.05, 0.1) is 0 Å². The number of benzene rings is 1. The molecule has 0 bridgehead atoms. The average molecular weight is 361 g/mol. The van der Waals surface area contributed by atoms with E-state index in [2.05, 4.69) is 71.9 Å². The summed E-state index contributed by atoms with van der Waals surface area (Å²) in [5.41, 5.74) is 7.82. The zero-order valence-electron chi connectivity index (χ0n) is 16.5. The van der Waals surface area contributed by atoms with Crippen LogP contribution in [0.3, 0.4) is 0 Å². The topological polar surface area (TPSA) is 32.6 Å². The van der Waals surface area contributed by atoms with Gasteiger partial charge in [0.2, 0.25) is 0 Å². The maximum Gasteiger partial charge on any atom is 0.139 e. The monoisotopic (exact) mass is 360 g/mol. The Kier molecular flexibility index (Phi) is 3.71. The van der Waals surface area contributed by atoms with E-state index in [4.69, 9.17) is 4.98 Å². The molecule has 2 aromatic heterocycles. The number of fused-ring (bicyclic) bond motifs is 1. The number of aromatic nitrogens is 2. The molecule has 0 unspecified atom stereocenters. The SMILES string of the molecule is CC(C)(C)Nc1c(-c2cc3c4c(c2)CCCN4CCC3)nc2ccccn12. The smallest absolute Gasteiger partial charge is 0.139 e. The van der Waals surface area contributed by atoms with Crippen LogP contribution < -0.4 is 10.2 Å². The van der Waals surface area contributed by atoms with E-state index >= 15 is 0 Å². The summed E-state index contributed by atoms with van der Waals surface area (Å²) < 4.78 is 2.18. The molecule has 0 saturated heterocycles. The largest absolute Gasteiger partial charge is 0.371 e. The molecular formula is C23H28N4. The van der Waals surface area contributed by atoms with E-state index in [1.54, 1.807) is 0 Å². The van der Waals surface area contributed by atoms with Crippen molar-refractivity contribution in [3.8, 4) is 11.3 Å². The van der Waals surface area contributed by atoms with Crippen molar-refractivity contribution in [2.24, 2.45) is 0 Å². The van der Waals surface area contributed by atoms with Crippen LogP contribution in [0.1, 0.15) is 44.7 Å². The molecule has 5 rings (SSSR count). The summed E-state index contributed by atoms with van der Waals surface area (Å²) >= 11 is 0. The van der Waals surface area contributed by atoms with Crippen LogP contribution in [0.2, 0.25) is 0 Å². The molecule has 0 saturated carbocycles. The lowest BCUT2D eigenvalue weighted by molar-refractivity contribution is 0.629. The van der Waals surface area contributed by atoms with E-state index in [0.29, 0.717) is 0 Å². The molecule has 0 spiro atoms. The van der Waals surface area contributed by atoms with Gasteiger partial charge in [-0.05, 0) is 81.8 Å². The molecule has 1 aromatic carbocycles. The first kappa shape index (κ1) is 16.7. The van der Waals surface area contributed by atoms with Crippen molar-refractivity contribution in [1.82, 2.24) is 9.38 Å². The summed E-state index contributed by atoms with van der Waals surface area (Å²) in [5.74, 6) is 1.09. The normalized spacial score (nSPS) is 16.5. The standard InChI is InChI=1S/C23H28N4/c1-23(2,3)25-22-20(24-19-10-4-5-13-27(19)22)18-14-16-8-6-11-26-12-7-9-17(15-18)21(16)26/h4-5,10,13-15,25H,6-9,11-12H2,1-3H3. The lowest BCUT2D eigenvalue weighted by Gasteiger charge is -2.37. The second-order valence-electron chi connectivity index (χ2n) is 8.95. The van der Waals surface area contributed by atoms with Crippen molar-refractivity contribution in [2.75, 3.05) is 23.3 Å².